The first-order valence-corrected chi connectivity index (χ1v) is 19.6. The number of fused-ring (bicyclic) bond motifs is 3. The Kier molecular flexibility index (Phi) is 10.6. The normalized spacial score (nSPS) is 23.7. The lowest BCUT2D eigenvalue weighted by Crippen LogP contribution is -2.47. The van der Waals surface area contributed by atoms with Crippen LogP contribution in [-0.4, -0.2) is 65.2 Å². The summed E-state index contributed by atoms with van der Waals surface area (Å²) in [6, 6.07) is 35.8. The van der Waals surface area contributed by atoms with E-state index in [9.17, 15) is 14.7 Å². The highest BCUT2D eigenvalue weighted by Crippen LogP contribution is 2.51. The van der Waals surface area contributed by atoms with Crippen molar-refractivity contribution in [3.05, 3.63) is 142 Å². The molecule has 0 spiro atoms. The number of para-hydroxylation sites is 1. The first-order valence-electron chi connectivity index (χ1n) is 18.8. The van der Waals surface area contributed by atoms with Crippen molar-refractivity contribution >= 4 is 39.4 Å². The quantitative estimate of drug-likeness (QED) is 0.0936. The first kappa shape index (κ1) is 35.5. The Morgan fingerprint density at radius 3 is 2.30 bits per heavy atom. The summed E-state index contributed by atoms with van der Waals surface area (Å²) in [6.07, 6.45) is 5.31. The van der Waals surface area contributed by atoms with E-state index in [1.807, 2.05) is 66.7 Å². The summed E-state index contributed by atoms with van der Waals surface area (Å²) in [6.45, 7) is 3.36. The molecule has 3 aliphatic heterocycles. The maximum atomic E-state index is 14.4. The zero-order valence-electron chi connectivity index (χ0n) is 29.8. The summed E-state index contributed by atoms with van der Waals surface area (Å²) in [5.74, 6) is -0.0177. The van der Waals surface area contributed by atoms with Gasteiger partial charge in [-0.05, 0) is 96.4 Å². The number of phenolic OH excluding ortho intramolecular Hbond substituents is 1. The van der Waals surface area contributed by atoms with Gasteiger partial charge in [-0.3, -0.25) is 19.4 Å². The lowest BCUT2D eigenvalue weighted by Gasteiger charge is -2.36. The van der Waals surface area contributed by atoms with E-state index in [1.54, 1.807) is 11.0 Å². The predicted octanol–water partition coefficient (Wildman–Crippen LogP) is 8.54. The number of allylic oxidation sites excluding steroid dienone is 1. The van der Waals surface area contributed by atoms with Crippen LogP contribution in [0.3, 0.4) is 0 Å². The summed E-state index contributed by atoms with van der Waals surface area (Å²) in [5.41, 5.74) is 6.40. The number of halogens is 1. The van der Waals surface area contributed by atoms with Gasteiger partial charge in [-0.1, -0.05) is 94.8 Å². The van der Waals surface area contributed by atoms with E-state index in [4.69, 9.17) is 9.47 Å². The average Bonchev–Trinajstić information content (AvgIpc) is 3.72. The Bertz CT molecular complexity index is 1990. The molecule has 0 bridgehead atoms. The van der Waals surface area contributed by atoms with Crippen LogP contribution in [0.5, 0.6) is 11.5 Å². The summed E-state index contributed by atoms with van der Waals surface area (Å²) >= 11 is 3.55. The van der Waals surface area contributed by atoms with Crippen LogP contribution >= 0.6 is 15.9 Å². The Morgan fingerprint density at radius 2 is 1.57 bits per heavy atom. The molecule has 0 unspecified atom stereocenters. The molecule has 3 saturated heterocycles. The molecule has 1 aliphatic carbocycles. The van der Waals surface area contributed by atoms with E-state index in [2.05, 4.69) is 63.3 Å². The fraction of sp³-hybridized carbons (Fsp3) is 0.333. The second-order valence-corrected chi connectivity index (χ2v) is 15.7. The van der Waals surface area contributed by atoms with Gasteiger partial charge in [0.05, 0.1) is 24.5 Å². The fourth-order valence-electron chi connectivity index (χ4n) is 8.92. The van der Waals surface area contributed by atoms with Crippen LogP contribution in [0.2, 0.25) is 0 Å². The molecule has 0 saturated carbocycles. The molecule has 0 aromatic heterocycles. The van der Waals surface area contributed by atoms with Gasteiger partial charge in [0.25, 0.3) is 0 Å². The zero-order valence-corrected chi connectivity index (χ0v) is 31.4. The average molecular weight is 774 g/mol. The second-order valence-electron chi connectivity index (χ2n) is 14.7. The SMILES string of the molecule is O=C1[C@@H]2[C@@H](CC(COc3ccccc3)=C3[C@@H](CC/C(=C/c4cc(Br)ccc4O)c4ccccc4)OC[C@@H]32)C(=O)N1C1CCN(Cc2ccccc2)CC1. The van der Waals surface area contributed by atoms with Gasteiger partial charge in [-0.15, -0.1) is 0 Å². The van der Waals surface area contributed by atoms with Crippen molar-refractivity contribution < 1.29 is 24.2 Å². The largest absolute Gasteiger partial charge is 0.507 e. The van der Waals surface area contributed by atoms with Crippen molar-refractivity contribution in [2.75, 3.05) is 26.3 Å². The van der Waals surface area contributed by atoms with E-state index < -0.39 is 11.8 Å². The third-order valence-electron chi connectivity index (χ3n) is 11.5. The van der Waals surface area contributed by atoms with Crippen molar-refractivity contribution in [3.8, 4) is 11.5 Å². The summed E-state index contributed by atoms with van der Waals surface area (Å²) in [7, 11) is 0. The number of rotatable bonds is 11. The molecule has 8 rings (SSSR count). The van der Waals surface area contributed by atoms with Crippen molar-refractivity contribution in [1.82, 2.24) is 9.80 Å². The third-order valence-corrected chi connectivity index (χ3v) is 12.0. The molecule has 272 valence electrons. The first-order chi connectivity index (χ1) is 25.9. The number of carbonyl (C=O) groups excluding carboxylic acids is 2. The van der Waals surface area contributed by atoms with Crippen LogP contribution in [0.4, 0.5) is 0 Å². The number of ether oxygens (including phenoxy) is 2. The van der Waals surface area contributed by atoms with Crippen molar-refractivity contribution in [2.24, 2.45) is 17.8 Å². The van der Waals surface area contributed by atoms with Crippen LogP contribution in [0.1, 0.15) is 48.8 Å². The van der Waals surface area contributed by atoms with E-state index >= 15 is 0 Å². The smallest absolute Gasteiger partial charge is 0.234 e. The van der Waals surface area contributed by atoms with Gasteiger partial charge >= 0.3 is 0 Å². The highest BCUT2D eigenvalue weighted by Gasteiger charge is 2.58. The van der Waals surface area contributed by atoms with Crippen LogP contribution in [0.15, 0.2) is 125 Å². The molecule has 7 nitrogen and oxygen atoms in total. The van der Waals surface area contributed by atoms with E-state index in [0.29, 0.717) is 32.5 Å². The van der Waals surface area contributed by atoms with Crippen molar-refractivity contribution in [2.45, 2.75) is 50.8 Å². The van der Waals surface area contributed by atoms with E-state index in [-0.39, 0.29) is 35.6 Å². The second kappa shape index (κ2) is 15.8. The summed E-state index contributed by atoms with van der Waals surface area (Å²) < 4.78 is 13.9. The number of imide groups is 1. The molecule has 4 aromatic carbocycles. The minimum atomic E-state index is -0.409. The maximum absolute atomic E-state index is 14.4. The van der Waals surface area contributed by atoms with Crippen LogP contribution in [-0.2, 0) is 20.9 Å². The Morgan fingerprint density at radius 1 is 0.868 bits per heavy atom. The number of piperidine rings is 1. The van der Waals surface area contributed by atoms with Crippen LogP contribution in [0, 0.1) is 17.8 Å². The fourth-order valence-corrected chi connectivity index (χ4v) is 9.30. The summed E-state index contributed by atoms with van der Waals surface area (Å²) in [5, 5.41) is 10.7. The molecule has 1 N–H and O–H groups in total. The van der Waals surface area contributed by atoms with Crippen molar-refractivity contribution in [3.63, 3.8) is 0 Å². The molecule has 53 heavy (non-hydrogen) atoms. The van der Waals surface area contributed by atoms with Gasteiger partial charge in [-0.2, -0.15) is 0 Å². The molecule has 0 radical (unpaired) electrons. The number of hydrogen-bond acceptors (Lipinski definition) is 6. The van der Waals surface area contributed by atoms with Gasteiger partial charge in [0.15, 0.2) is 0 Å². The number of amides is 2. The monoisotopic (exact) mass is 772 g/mol. The molecule has 8 heteroatoms. The number of likely N-dealkylation sites (tertiary alicyclic amines) is 2. The van der Waals surface area contributed by atoms with Gasteiger partial charge in [0.2, 0.25) is 11.8 Å². The van der Waals surface area contributed by atoms with Gasteiger partial charge in [0, 0.05) is 41.6 Å². The Labute approximate surface area is 320 Å². The van der Waals surface area contributed by atoms with Gasteiger partial charge in [-0.25, -0.2) is 0 Å². The molecule has 4 aliphatic rings. The number of nitrogens with zero attached hydrogens (tertiary/aromatic N) is 2. The number of phenols is 1. The van der Waals surface area contributed by atoms with Crippen molar-refractivity contribution in [1.29, 1.82) is 0 Å². The highest BCUT2D eigenvalue weighted by atomic mass is 79.9. The number of carbonyl (C=O) groups is 2. The highest BCUT2D eigenvalue weighted by molar-refractivity contribution is 9.10. The number of hydrogen-bond donors (Lipinski definition) is 1. The van der Waals surface area contributed by atoms with E-state index in [1.165, 1.54) is 5.56 Å². The minimum Gasteiger partial charge on any atom is -0.507 e. The molecular weight excluding hydrogens is 728 g/mol. The van der Waals surface area contributed by atoms with Gasteiger partial charge in [0.1, 0.15) is 18.1 Å². The molecule has 3 heterocycles. The number of benzene rings is 4. The molecule has 4 aromatic rings. The van der Waals surface area contributed by atoms with Gasteiger partial charge < -0.3 is 14.6 Å². The molecule has 3 fully saturated rings. The Balaban J connectivity index is 1.04. The lowest BCUT2D eigenvalue weighted by atomic mass is 9.69. The topological polar surface area (TPSA) is 79.3 Å². The lowest BCUT2D eigenvalue weighted by molar-refractivity contribution is -0.144. The Hall–Kier alpha value is -4.50. The molecular formula is C45H45BrN2O5. The summed E-state index contributed by atoms with van der Waals surface area (Å²) in [4.78, 5) is 32.8. The van der Waals surface area contributed by atoms with Crippen LogP contribution in [0.25, 0.3) is 11.6 Å². The predicted molar refractivity (Wildman–Crippen MR) is 210 cm³/mol. The minimum absolute atomic E-state index is 0.0220. The molecule has 2 amide bonds. The zero-order chi connectivity index (χ0) is 36.3. The number of aromatic hydroxyl groups is 1. The molecule has 4 atom stereocenters. The third kappa shape index (κ3) is 7.63. The standard InChI is InChI=1S/C45H45BrN2O5/c46-35-17-18-40(49)33(25-35)24-32(31-12-6-2-7-13-31)16-19-41-42-34(28-52-37-14-8-3-9-15-37)26-38-43(39(42)29-53-41)45(51)48(44(38)50)36-20-22-47(23-21-36)27-30-10-4-1-5-11-30/h1-15,17-18,24-25,36,38-39,41,43,49H,16,19-23,26-29H2/b32-24-/t38-,39+,41-,43-/m1/s1. The van der Waals surface area contributed by atoms with E-state index in [0.717, 1.165) is 70.5 Å². The van der Waals surface area contributed by atoms with Crippen LogP contribution < -0.4 is 4.74 Å². The maximum Gasteiger partial charge on any atom is 0.234 e.